The van der Waals surface area contributed by atoms with Crippen molar-refractivity contribution in [3.05, 3.63) is 41.7 Å². The Morgan fingerprint density at radius 2 is 1.84 bits per heavy atom. The maximum absolute atomic E-state index is 12.1. The van der Waals surface area contributed by atoms with Crippen molar-refractivity contribution < 1.29 is 19.1 Å². The summed E-state index contributed by atoms with van der Waals surface area (Å²) >= 11 is 0. The number of aromatic nitrogens is 2. The Kier molecular flexibility index (Phi) is 5.72. The van der Waals surface area contributed by atoms with Crippen molar-refractivity contribution in [3.63, 3.8) is 0 Å². The van der Waals surface area contributed by atoms with Crippen LogP contribution in [0.25, 0.3) is 0 Å². The van der Waals surface area contributed by atoms with Crippen molar-refractivity contribution in [1.82, 2.24) is 9.78 Å². The Hall–Kier alpha value is -3.36. The number of nitrogens with two attached hydrogens (primary N) is 1. The zero-order valence-corrected chi connectivity index (χ0v) is 13.9. The molecule has 9 nitrogen and oxygen atoms in total. The van der Waals surface area contributed by atoms with Gasteiger partial charge in [0.05, 0.1) is 24.1 Å². The van der Waals surface area contributed by atoms with Gasteiger partial charge in [-0.25, -0.2) is 9.59 Å². The molecule has 0 unspecified atom stereocenters. The minimum atomic E-state index is -0.687. The van der Waals surface area contributed by atoms with Crippen molar-refractivity contribution in [2.45, 2.75) is 20.4 Å². The summed E-state index contributed by atoms with van der Waals surface area (Å²) in [5.74, 6) is -1.12. The summed E-state index contributed by atoms with van der Waals surface area (Å²) in [6.07, 6.45) is 1.35. The van der Waals surface area contributed by atoms with E-state index in [2.05, 4.69) is 15.7 Å². The Morgan fingerprint density at radius 3 is 2.40 bits per heavy atom. The number of primary amides is 1. The lowest BCUT2D eigenvalue weighted by atomic mass is 10.2. The van der Waals surface area contributed by atoms with E-state index in [1.54, 1.807) is 26.0 Å². The Balaban J connectivity index is 2.05. The van der Waals surface area contributed by atoms with E-state index < -0.39 is 17.9 Å². The minimum absolute atomic E-state index is 0.121. The van der Waals surface area contributed by atoms with Crippen LogP contribution in [-0.4, -0.2) is 34.3 Å². The predicted molar refractivity (Wildman–Crippen MR) is 91.5 cm³/mol. The fourth-order valence-corrected chi connectivity index (χ4v) is 2.17. The van der Waals surface area contributed by atoms with Gasteiger partial charge in [0.15, 0.2) is 0 Å². The monoisotopic (exact) mass is 345 g/mol. The molecule has 2 aromatic rings. The molecule has 0 saturated carbocycles. The molecule has 25 heavy (non-hydrogen) atoms. The molecule has 0 bridgehead atoms. The molecule has 9 heteroatoms. The van der Waals surface area contributed by atoms with Gasteiger partial charge in [-0.05, 0) is 38.1 Å². The highest BCUT2D eigenvalue weighted by atomic mass is 16.5. The topological polar surface area (TPSA) is 128 Å². The number of nitrogens with one attached hydrogen (secondary N) is 2. The van der Waals surface area contributed by atoms with Crippen molar-refractivity contribution in [1.29, 1.82) is 0 Å². The standard InChI is InChI=1S/C16H19N5O4/c1-3-21-13(14(17)22)12(9-18-21)20-16(24)19-11-7-5-10(6-8-11)15(23)25-4-2/h5-9H,3-4H2,1-2H3,(H2,17,22)(H2,19,20,24). The largest absolute Gasteiger partial charge is 0.462 e. The van der Waals surface area contributed by atoms with E-state index in [1.807, 2.05) is 0 Å². The molecule has 0 radical (unpaired) electrons. The number of nitrogens with zero attached hydrogens (tertiary/aromatic N) is 2. The summed E-state index contributed by atoms with van der Waals surface area (Å²) in [4.78, 5) is 35.2. The molecule has 4 N–H and O–H groups in total. The molecular formula is C16H19N5O4. The summed E-state index contributed by atoms with van der Waals surface area (Å²) in [6.45, 7) is 4.25. The number of hydrogen-bond acceptors (Lipinski definition) is 5. The fourth-order valence-electron chi connectivity index (χ4n) is 2.17. The second-order valence-electron chi connectivity index (χ2n) is 4.96. The van der Waals surface area contributed by atoms with Gasteiger partial charge in [-0.2, -0.15) is 5.10 Å². The molecular weight excluding hydrogens is 326 g/mol. The van der Waals surface area contributed by atoms with Gasteiger partial charge in [0, 0.05) is 12.2 Å². The zero-order chi connectivity index (χ0) is 18.4. The third-order valence-electron chi connectivity index (χ3n) is 3.27. The number of anilines is 2. The molecule has 0 saturated heterocycles. The summed E-state index contributed by atoms with van der Waals surface area (Å²) in [6, 6.07) is 5.64. The third kappa shape index (κ3) is 4.34. The van der Waals surface area contributed by atoms with Crippen LogP contribution in [0.4, 0.5) is 16.2 Å². The van der Waals surface area contributed by atoms with Crippen molar-refractivity contribution in [2.24, 2.45) is 5.73 Å². The average Bonchev–Trinajstić information content (AvgIpc) is 2.98. The van der Waals surface area contributed by atoms with E-state index in [-0.39, 0.29) is 18.0 Å². The maximum Gasteiger partial charge on any atom is 0.338 e. The molecule has 132 valence electrons. The number of rotatable bonds is 6. The van der Waals surface area contributed by atoms with E-state index in [1.165, 1.54) is 23.0 Å². The molecule has 0 spiro atoms. The second kappa shape index (κ2) is 7.95. The van der Waals surface area contributed by atoms with Crippen molar-refractivity contribution in [2.75, 3.05) is 17.2 Å². The van der Waals surface area contributed by atoms with Crippen LogP contribution in [-0.2, 0) is 11.3 Å². The maximum atomic E-state index is 12.1. The average molecular weight is 345 g/mol. The number of ether oxygens (including phenoxy) is 1. The van der Waals surface area contributed by atoms with Gasteiger partial charge in [-0.15, -0.1) is 0 Å². The molecule has 0 aliphatic heterocycles. The quantitative estimate of drug-likeness (QED) is 0.688. The Labute approximate surface area is 144 Å². The summed E-state index contributed by atoms with van der Waals surface area (Å²) in [5.41, 5.74) is 6.51. The molecule has 2 rings (SSSR count). The molecule has 1 heterocycles. The predicted octanol–water partition coefficient (Wildman–Crippen LogP) is 1.82. The molecule has 1 aromatic carbocycles. The lowest BCUT2D eigenvalue weighted by Crippen LogP contribution is -2.23. The van der Waals surface area contributed by atoms with Crippen LogP contribution < -0.4 is 16.4 Å². The molecule has 0 aliphatic carbocycles. The van der Waals surface area contributed by atoms with E-state index >= 15 is 0 Å². The van der Waals surface area contributed by atoms with E-state index in [0.717, 1.165) is 0 Å². The van der Waals surface area contributed by atoms with Gasteiger partial charge in [-0.3, -0.25) is 9.48 Å². The Bertz CT molecular complexity index is 782. The van der Waals surface area contributed by atoms with E-state index in [0.29, 0.717) is 17.8 Å². The molecule has 0 aliphatic rings. The van der Waals surface area contributed by atoms with Gasteiger partial charge in [0.2, 0.25) is 0 Å². The van der Waals surface area contributed by atoms with Gasteiger partial charge in [0.25, 0.3) is 5.91 Å². The summed E-state index contributed by atoms with van der Waals surface area (Å²) < 4.78 is 6.28. The summed E-state index contributed by atoms with van der Waals surface area (Å²) in [5, 5.41) is 9.10. The van der Waals surface area contributed by atoms with E-state index in [9.17, 15) is 14.4 Å². The van der Waals surface area contributed by atoms with Crippen LogP contribution >= 0.6 is 0 Å². The van der Waals surface area contributed by atoms with Crippen molar-refractivity contribution in [3.8, 4) is 0 Å². The lowest BCUT2D eigenvalue weighted by Gasteiger charge is -2.08. The number of hydrogen-bond donors (Lipinski definition) is 3. The normalized spacial score (nSPS) is 10.2. The highest BCUT2D eigenvalue weighted by Gasteiger charge is 2.17. The number of urea groups is 1. The van der Waals surface area contributed by atoms with Crippen LogP contribution in [0, 0.1) is 0 Å². The lowest BCUT2D eigenvalue weighted by molar-refractivity contribution is 0.0526. The first-order valence-electron chi connectivity index (χ1n) is 7.67. The number of benzene rings is 1. The van der Waals surface area contributed by atoms with Gasteiger partial charge >= 0.3 is 12.0 Å². The highest BCUT2D eigenvalue weighted by molar-refractivity contribution is 6.05. The number of carbonyl (C=O) groups excluding carboxylic acids is 3. The molecule has 0 atom stereocenters. The van der Waals surface area contributed by atoms with Crippen LogP contribution in [0.1, 0.15) is 34.7 Å². The van der Waals surface area contributed by atoms with Crippen LogP contribution in [0.15, 0.2) is 30.5 Å². The zero-order valence-electron chi connectivity index (χ0n) is 13.9. The number of esters is 1. The molecule has 1 aromatic heterocycles. The molecule has 0 fully saturated rings. The number of amides is 3. The smallest absolute Gasteiger partial charge is 0.338 e. The summed E-state index contributed by atoms with van der Waals surface area (Å²) in [7, 11) is 0. The van der Waals surface area contributed by atoms with E-state index in [4.69, 9.17) is 10.5 Å². The van der Waals surface area contributed by atoms with Crippen LogP contribution in [0.5, 0.6) is 0 Å². The first kappa shape index (κ1) is 18.0. The SMILES string of the molecule is CCOC(=O)c1ccc(NC(=O)Nc2cnn(CC)c2C(N)=O)cc1. The first-order valence-corrected chi connectivity index (χ1v) is 7.67. The van der Waals surface area contributed by atoms with Gasteiger partial charge in [-0.1, -0.05) is 0 Å². The second-order valence-corrected chi connectivity index (χ2v) is 4.96. The third-order valence-corrected chi connectivity index (χ3v) is 3.27. The number of aryl methyl sites for hydroxylation is 1. The highest BCUT2D eigenvalue weighted by Crippen LogP contribution is 2.16. The minimum Gasteiger partial charge on any atom is -0.462 e. The molecule has 3 amide bonds. The number of carbonyl (C=O) groups is 3. The first-order chi connectivity index (χ1) is 12.0. The van der Waals surface area contributed by atoms with Crippen LogP contribution in [0.3, 0.4) is 0 Å². The van der Waals surface area contributed by atoms with Gasteiger partial charge in [0.1, 0.15) is 5.69 Å². The van der Waals surface area contributed by atoms with Crippen molar-refractivity contribution >= 4 is 29.3 Å². The fraction of sp³-hybridized carbons (Fsp3) is 0.250. The van der Waals surface area contributed by atoms with Crippen LogP contribution in [0.2, 0.25) is 0 Å². The van der Waals surface area contributed by atoms with Gasteiger partial charge < -0.3 is 21.1 Å². The Morgan fingerprint density at radius 1 is 1.16 bits per heavy atom.